The van der Waals surface area contributed by atoms with E-state index in [2.05, 4.69) is 21.7 Å². The zero-order valence-corrected chi connectivity index (χ0v) is 8.85. The monoisotopic (exact) mass is 210 g/mol. The molecule has 3 N–H and O–H groups in total. The number of urea groups is 1. The molecule has 0 saturated heterocycles. The lowest BCUT2D eigenvalue weighted by atomic mass is 10.4. The fourth-order valence-electron chi connectivity index (χ4n) is 1.44. The van der Waals surface area contributed by atoms with Crippen LogP contribution in [-0.2, 0) is 0 Å². The molecule has 15 heavy (non-hydrogen) atoms. The minimum Gasteiger partial charge on any atom is -0.359 e. The molecule has 0 aliphatic carbocycles. The van der Waals surface area contributed by atoms with E-state index in [1.54, 1.807) is 0 Å². The Kier molecular flexibility index (Phi) is 4.53. The van der Waals surface area contributed by atoms with E-state index in [-0.39, 0.29) is 0 Å². The van der Waals surface area contributed by atoms with Crippen LogP contribution in [0.5, 0.6) is 0 Å². The van der Waals surface area contributed by atoms with Crippen molar-refractivity contribution >= 4 is 6.03 Å². The molecule has 0 fully saturated rings. The van der Waals surface area contributed by atoms with Crippen LogP contribution < -0.4 is 11.1 Å². The van der Waals surface area contributed by atoms with E-state index in [1.165, 1.54) is 0 Å². The molecular weight excluding hydrogens is 192 g/mol. The first-order valence-corrected chi connectivity index (χ1v) is 5.03. The molecule has 2 amide bonds. The quantitative estimate of drug-likeness (QED) is 0.489. The smallest absolute Gasteiger partial charge is 0.312 e. The molecule has 0 spiro atoms. The first-order valence-electron chi connectivity index (χ1n) is 5.03. The average molecular weight is 210 g/mol. The van der Waals surface area contributed by atoms with E-state index >= 15 is 0 Å². The lowest BCUT2D eigenvalue weighted by Gasteiger charge is -2.19. The van der Waals surface area contributed by atoms with Crippen molar-refractivity contribution in [2.45, 2.75) is 6.42 Å². The molecule has 0 bridgehead atoms. The van der Waals surface area contributed by atoms with Gasteiger partial charge in [0.25, 0.3) is 0 Å². The van der Waals surface area contributed by atoms with Crippen molar-refractivity contribution in [1.29, 1.82) is 0 Å². The number of nitrogens with two attached hydrogens (primary N) is 1. The van der Waals surface area contributed by atoms with Crippen molar-refractivity contribution < 1.29 is 4.79 Å². The first kappa shape index (κ1) is 11.4. The minimum atomic E-state index is -0.458. The van der Waals surface area contributed by atoms with Gasteiger partial charge in [-0.3, -0.25) is 0 Å². The Morgan fingerprint density at radius 3 is 2.93 bits per heavy atom. The van der Waals surface area contributed by atoms with Gasteiger partial charge in [0.15, 0.2) is 0 Å². The highest BCUT2D eigenvalue weighted by Crippen LogP contribution is 2.06. The van der Waals surface area contributed by atoms with Gasteiger partial charge in [0, 0.05) is 32.0 Å². The van der Waals surface area contributed by atoms with E-state index in [4.69, 9.17) is 5.73 Å². The Hall–Kier alpha value is -1.65. The number of primary amides is 1. The summed E-state index contributed by atoms with van der Waals surface area (Å²) in [6.45, 7) is 6.99. The Morgan fingerprint density at radius 2 is 2.27 bits per heavy atom. The van der Waals surface area contributed by atoms with Crippen LogP contribution in [0.2, 0.25) is 0 Å². The van der Waals surface area contributed by atoms with Gasteiger partial charge in [0.2, 0.25) is 0 Å². The standard InChI is InChI=1S/C10H18N4O/c1-2-5-13-7-8-14(9-13)6-3-4-12-10(11)15/h2,7-8H,1,3-6,9H2,(H3,11,12,15). The lowest BCUT2D eigenvalue weighted by Crippen LogP contribution is -2.32. The van der Waals surface area contributed by atoms with Crippen molar-refractivity contribution in [3.05, 3.63) is 25.1 Å². The maximum atomic E-state index is 10.4. The van der Waals surface area contributed by atoms with Crippen LogP contribution in [-0.4, -0.2) is 42.1 Å². The lowest BCUT2D eigenvalue weighted by molar-refractivity contribution is 0.247. The third-order valence-electron chi connectivity index (χ3n) is 2.14. The molecule has 5 heteroatoms. The first-order chi connectivity index (χ1) is 7.22. The normalized spacial score (nSPS) is 14.4. The molecule has 0 atom stereocenters. The number of hydrogen-bond donors (Lipinski definition) is 2. The second-order valence-electron chi connectivity index (χ2n) is 3.46. The SMILES string of the molecule is C=CCN1C=CN(CCCNC(N)=O)C1. The van der Waals surface area contributed by atoms with Crippen LogP contribution in [0.15, 0.2) is 25.1 Å². The molecule has 0 radical (unpaired) electrons. The Bertz CT molecular complexity index is 252. The number of carbonyl (C=O) groups is 1. The number of hydrogen-bond acceptors (Lipinski definition) is 3. The van der Waals surface area contributed by atoms with Gasteiger partial charge >= 0.3 is 6.03 Å². The topological polar surface area (TPSA) is 61.6 Å². The largest absolute Gasteiger partial charge is 0.359 e. The molecule has 0 unspecified atom stereocenters. The Labute approximate surface area is 90.2 Å². The summed E-state index contributed by atoms with van der Waals surface area (Å²) < 4.78 is 0. The molecule has 1 aliphatic heterocycles. The van der Waals surface area contributed by atoms with Crippen molar-refractivity contribution in [2.75, 3.05) is 26.3 Å². The van der Waals surface area contributed by atoms with Gasteiger partial charge < -0.3 is 20.9 Å². The van der Waals surface area contributed by atoms with Crippen LogP contribution in [0.25, 0.3) is 0 Å². The summed E-state index contributed by atoms with van der Waals surface area (Å²) in [4.78, 5) is 14.7. The number of nitrogens with zero attached hydrogens (tertiary/aromatic N) is 2. The third kappa shape index (κ3) is 4.39. The maximum Gasteiger partial charge on any atom is 0.312 e. The van der Waals surface area contributed by atoms with E-state index < -0.39 is 6.03 Å². The van der Waals surface area contributed by atoms with Crippen LogP contribution in [0.3, 0.4) is 0 Å². The number of rotatable bonds is 6. The van der Waals surface area contributed by atoms with Gasteiger partial charge in [0.05, 0.1) is 6.67 Å². The predicted molar refractivity (Wildman–Crippen MR) is 59.8 cm³/mol. The molecule has 84 valence electrons. The van der Waals surface area contributed by atoms with Gasteiger partial charge in [-0.2, -0.15) is 0 Å². The molecule has 0 aromatic rings. The highest BCUT2D eigenvalue weighted by atomic mass is 16.2. The maximum absolute atomic E-state index is 10.4. The molecular formula is C10H18N4O. The summed E-state index contributed by atoms with van der Waals surface area (Å²) in [6, 6.07) is -0.458. The van der Waals surface area contributed by atoms with Crippen molar-refractivity contribution in [1.82, 2.24) is 15.1 Å². The molecule has 1 rings (SSSR count). The molecule has 0 aromatic heterocycles. The van der Waals surface area contributed by atoms with E-state index in [0.717, 1.165) is 26.2 Å². The Balaban J connectivity index is 2.07. The summed E-state index contributed by atoms with van der Waals surface area (Å²) >= 11 is 0. The summed E-state index contributed by atoms with van der Waals surface area (Å²) in [6.07, 6.45) is 6.87. The molecule has 1 aliphatic rings. The summed E-state index contributed by atoms with van der Waals surface area (Å²) in [7, 11) is 0. The van der Waals surface area contributed by atoms with E-state index in [0.29, 0.717) is 6.54 Å². The molecule has 5 nitrogen and oxygen atoms in total. The number of nitrogens with one attached hydrogen (secondary N) is 1. The van der Waals surface area contributed by atoms with Crippen LogP contribution in [0, 0.1) is 0 Å². The summed E-state index contributed by atoms with van der Waals surface area (Å²) in [5.74, 6) is 0. The fraction of sp³-hybridized carbons (Fsp3) is 0.500. The second-order valence-corrected chi connectivity index (χ2v) is 3.46. The Morgan fingerprint density at radius 1 is 1.53 bits per heavy atom. The van der Waals surface area contributed by atoms with Gasteiger partial charge in [-0.1, -0.05) is 6.08 Å². The zero-order valence-electron chi connectivity index (χ0n) is 8.85. The minimum absolute atomic E-state index is 0.458. The van der Waals surface area contributed by atoms with Crippen molar-refractivity contribution in [3.8, 4) is 0 Å². The van der Waals surface area contributed by atoms with Crippen LogP contribution >= 0.6 is 0 Å². The molecule has 0 saturated carbocycles. The second kappa shape index (κ2) is 5.95. The number of amides is 2. The zero-order chi connectivity index (χ0) is 11.1. The predicted octanol–water partition coefficient (Wildman–Crippen LogP) is 0.277. The van der Waals surface area contributed by atoms with Gasteiger partial charge in [-0.05, 0) is 6.42 Å². The van der Waals surface area contributed by atoms with Crippen LogP contribution in [0.4, 0.5) is 4.79 Å². The number of carbonyl (C=O) groups excluding carboxylic acids is 1. The van der Waals surface area contributed by atoms with Gasteiger partial charge in [0.1, 0.15) is 0 Å². The highest BCUT2D eigenvalue weighted by molar-refractivity contribution is 5.71. The van der Waals surface area contributed by atoms with Gasteiger partial charge in [-0.15, -0.1) is 6.58 Å². The third-order valence-corrected chi connectivity index (χ3v) is 2.14. The van der Waals surface area contributed by atoms with E-state index in [1.807, 2.05) is 18.5 Å². The van der Waals surface area contributed by atoms with Crippen molar-refractivity contribution in [3.63, 3.8) is 0 Å². The molecule has 0 aromatic carbocycles. The van der Waals surface area contributed by atoms with E-state index in [9.17, 15) is 4.79 Å². The van der Waals surface area contributed by atoms with Crippen LogP contribution in [0.1, 0.15) is 6.42 Å². The highest BCUT2D eigenvalue weighted by Gasteiger charge is 2.09. The summed E-state index contributed by atoms with van der Waals surface area (Å²) in [5, 5.41) is 2.56. The van der Waals surface area contributed by atoms with Gasteiger partial charge in [-0.25, -0.2) is 4.79 Å². The van der Waals surface area contributed by atoms with Crippen molar-refractivity contribution in [2.24, 2.45) is 5.73 Å². The summed E-state index contributed by atoms with van der Waals surface area (Å²) in [5.41, 5.74) is 4.95. The molecule has 1 heterocycles. The average Bonchev–Trinajstić information content (AvgIpc) is 2.61. The fourth-order valence-corrected chi connectivity index (χ4v) is 1.44.